The van der Waals surface area contributed by atoms with Gasteiger partial charge in [0.1, 0.15) is 5.82 Å². The highest BCUT2D eigenvalue weighted by molar-refractivity contribution is 5.63. The molecular weight excluding hydrogens is 174 g/mol. The van der Waals surface area contributed by atoms with Crippen molar-refractivity contribution in [1.82, 2.24) is 4.98 Å². The highest BCUT2D eigenvalue weighted by atomic mass is 15.2. The Kier molecular flexibility index (Phi) is 2.57. The minimum Gasteiger partial charge on any atom is -0.382 e. The molecule has 1 aliphatic carbocycles. The molecule has 1 fully saturated rings. The molecule has 3 nitrogen and oxygen atoms in total. The summed E-state index contributed by atoms with van der Waals surface area (Å²) in [6.45, 7) is 0. The second kappa shape index (κ2) is 3.86. The van der Waals surface area contributed by atoms with E-state index >= 15 is 0 Å². The summed E-state index contributed by atoms with van der Waals surface area (Å²) in [5, 5.41) is 0. The zero-order valence-corrected chi connectivity index (χ0v) is 8.61. The van der Waals surface area contributed by atoms with Gasteiger partial charge in [0.15, 0.2) is 0 Å². The van der Waals surface area contributed by atoms with Gasteiger partial charge in [-0.1, -0.05) is 12.8 Å². The van der Waals surface area contributed by atoms with Gasteiger partial charge in [-0.15, -0.1) is 0 Å². The van der Waals surface area contributed by atoms with Gasteiger partial charge in [-0.05, 0) is 25.0 Å². The summed E-state index contributed by atoms with van der Waals surface area (Å²) in [5.74, 6) is 0.641. The fourth-order valence-electron chi connectivity index (χ4n) is 2.20. The molecule has 0 atom stereocenters. The van der Waals surface area contributed by atoms with Crippen molar-refractivity contribution in [2.24, 2.45) is 0 Å². The van der Waals surface area contributed by atoms with E-state index in [1.165, 1.54) is 25.7 Å². The zero-order valence-electron chi connectivity index (χ0n) is 8.61. The van der Waals surface area contributed by atoms with Crippen molar-refractivity contribution < 1.29 is 0 Å². The Morgan fingerprint density at radius 3 is 2.79 bits per heavy atom. The third-order valence-electron chi connectivity index (χ3n) is 3.07. The van der Waals surface area contributed by atoms with E-state index in [1.54, 1.807) is 6.20 Å². The van der Waals surface area contributed by atoms with Crippen LogP contribution in [0.4, 0.5) is 11.5 Å². The van der Waals surface area contributed by atoms with Gasteiger partial charge in [0.2, 0.25) is 0 Å². The van der Waals surface area contributed by atoms with Crippen LogP contribution < -0.4 is 10.6 Å². The second-order valence-corrected chi connectivity index (χ2v) is 3.96. The molecule has 1 heterocycles. The van der Waals surface area contributed by atoms with Gasteiger partial charge in [-0.2, -0.15) is 0 Å². The number of hydrogen-bond acceptors (Lipinski definition) is 3. The predicted octanol–water partition coefficient (Wildman–Crippen LogP) is 2.04. The Hall–Kier alpha value is -1.25. The van der Waals surface area contributed by atoms with Crippen LogP contribution in [0.25, 0.3) is 0 Å². The average Bonchev–Trinajstić information content (AvgIpc) is 2.70. The molecule has 0 spiro atoms. The van der Waals surface area contributed by atoms with E-state index in [-0.39, 0.29) is 0 Å². The molecule has 0 radical (unpaired) electrons. The molecule has 0 saturated heterocycles. The first-order valence-electron chi connectivity index (χ1n) is 5.22. The first-order chi connectivity index (χ1) is 6.79. The Morgan fingerprint density at radius 1 is 1.43 bits per heavy atom. The number of nitrogens with zero attached hydrogens (tertiary/aromatic N) is 2. The van der Waals surface area contributed by atoms with Gasteiger partial charge >= 0.3 is 0 Å². The van der Waals surface area contributed by atoms with E-state index in [9.17, 15) is 0 Å². The first-order valence-corrected chi connectivity index (χ1v) is 5.22. The summed E-state index contributed by atoms with van der Waals surface area (Å²) in [6.07, 6.45) is 6.99. The molecule has 1 saturated carbocycles. The van der Waals surface area contributed by atoms with Crippen molar-refractivity contribution in [3.05, 3.63) is 18.3 Å². The van der Waals surface area contributed by atoms with Crippen LogP contribution in [0.1, 0.15) is 25.7 Å². The Balaban J connectivity index is 2.17. The molecule has 0 amide bonds. The Bertz CT molecular complexity index is 305. The van der Waals surface area contributed by atoms with Crippen LogP contribution in [-0.4, -0.2) is 18.1 Å². The lowest BCUT2D eigenvalue weighted by atomic mass is 10.2. The van der Waals surface area contributed by atoms with Crippen LogP contribution >= 0.6 is 0 Å². The van der Waals surface area contributed by atoms with E-state index in [0.717, 1.165) is 5.69 Å². The normalized spacial score (nSPS) is 17.2. The van der Waals surface area contributed by atoms with Crippen molar-refractivity contribution in [3.8, 4) is 0 Å². The fraction of sp³-hybridized carbons (Fsp3) is 0.545. The number of anilines is 2. The van der Waals surface area contributed by atoms with Crippen LogP contribution in [0.3, 0.4) is 0 Å². The maximum Gasteiger partial charge on any atom is 0.146 e. The zero-order chi connectivity index (χ0) is 9.97. The van der Waals surface area contributed by atoms with Crippen molar-refractivity contribution >= 4 is 11.5 Å². The van der Waals surface area contributed by atoms with Crippen LogP contribution in [0, 0.1) is 0 Å². The minimum absolute atomic E-state index is 0.641. The molecule has 76 valence electrons. The largest absolute Gasteiger partial charge is 0.382 e. The van der Waals surface area contributed by atoms with Crippen molar-refractivity contribution in [1.29, 1.82) is 0 Å². The summed E-state index contributed by atoms with van der Waals surface area (Å²) in [5.41, 5.74) is 6.91. The number of hydrogen-bond donors (Lipinski definition) is 1. The highest BCUT2D eigenvalue weighted by Crippen LogP contribution is 2.28. The Morgan fingerprint density at radius 2 is 2.14 bits per heavy atom. The third kappa shape index (κ3) is 1.67. The minimum atomic E-state index is 0.641. The quantitative estimate of drug-likeness (QED) is 0.777. The summed E-state index contributed by atoms with van der Waals surface area (Å²) >= 11 is 0. The molecular formula is C11H17N3. The van der Waals surface area contributed by atoms with Crippen LogP contribution in [0.5, 0.6) is 0 Å². The lowest BCUT2D eigenvalue weighted by molar-refractivity contribution is 0.653. The molecule has 0 bridgehead atoms. The van der Waals surface area contributed by atoms with Crippen molar-refractivity contribution in [2.75, 3.05) is 17.7 Å². The second-order valence-electron chi connectivity index (χ2n) is 3.96. The molecule has 1 aromatic heterocycles. The van der Waals surface area contributed by atoms with E-state index in [1.807, 2.05) is 12.1 Å². The standard InChI is InChI=1S/C11H17N3/c1-14(9-5-2-3-6-9)10-7-4-8-13-11(10)12/h4,7-9H,2-3,5-6H2,1H3,(H2,12,13). The summed E-state index contributed by atoms with van der Waals surface area (Å²) in [7, 11) is 2.11. The lowest BCUT2D eigenvalue weighted by Gasteiger charge is -2.26. The maximum absolute atomic E-state index is 5.84. The average molecular weight is 191 g/mol. The Labute approximate surface area is 84.9 Å². The molecule has 1 aliphatic rings. The molecule has 0 unspecified atom stereocenters. The monoisotopic (exact) mass is 191 g/mol. The van der Waals surface area contributed by atoms with E-state index < -0.39 is 0 Å². The number of nitrogen functional groups attached to an aromatic ring is 1. The van der Waals surface area contributed by atoms with E-state index in [4.69, 9.17) is 5.73 Å². The van der Waals surface area contributed by atoms with E-state index in [0.29, 0.717) is 11.9 Å². The molecule has 0 aliphatic heterocycles. The van der Waals surface area contributed by atoms with Gasteiger partial charge in [0.05, 0.1) is 5.69 Å². The maximum atomic E-state index is 5.84. The van der Waals surface area contributed by atoms with Crippen LogP contribution in [-0.2, 0) is 0 Å². The number of aromatic nitrogens is 1. The van der Waals surface area contributed by atoms with Crippen LogP contribution in [0.2, 0.25) is 0 Å². The predicted molar refractivity (Wildman–Crippen MR) is 59.3 cm³/mol. The molecule has 3 heteroatoms. The number of pyridine rings is 1. The van der Waals surface area contributed by atoms with Crippen molar-refractivity contribution in [2.45, 2.75) is 31.7 Å². The molecule has 0 aromatic carbocycles. The van der Waals surface area contributed by atoms with Gasteiger partial charge < -0.3 is 10.6 Å². The number of rotatable bonds is 2. The van der Waals surface area contributed by atoms with E-state index in [2.05, 4.69) is 16.9 Å². The summed E-state index contributed by atoms with van der Waals surface area (Å²) in [4.78, 5) is 6.38. The van der Waals surface area contributed by atoms with Gasteiger partial charge in [0, 0.05) is 19.3 Å². The van der Waals surface area contributed by atoms with Crippen LogP contribution in [0.15, 0.2) is 18.3 Å². The lowest BCUT2D eigenvalue weighted by Crippen LogP contribution is -2.29. The summed E-state index contributed by atoms with van der Waals surface area (Å²) < 4.78 is 0. The fourth-order valence-corrected chi connectivity index (χ4v) is 2.20. The number of nitrogens with two attached hydrogens (primary N) is 1. The van der Waals surface area contributed by atoms with Gasteiger partial charge in [-0.3, -0.25) is 0 Å². The van der Waals surface area contributed by atoms with Crippen molar-refractivity contribution in [3.63, 3.8) is 0 Å². The topological polar surface area (TPSA) is 42.2 Å². The van der Waals surface area contributed by atoms with Gasteiger partial charge in [0.25, 0.3) is 0 Å². The molecule has 14 heavy (non-hydrogen) atoms. The smallest absolute Gasteiger partial charge is 0.146 e. The molecule has 2 rings (SSSR count). The highest BCUT2D eigenvalue weighted by Gasteiger charge is 2.20. The molecule has 2 N–H and O–H groups in total. The van der Waals surface area contributed by atoms with Gasteiger partial charge in [-0.25, -0.2) is 4.98 Å². The molecule has 1 aromatic rings. The third-order valence-corrected chi connectivity index (χ3v) is 3.07. The SMILES string of the molecule is CN(c1cccnc1N)C1CCCC1. The summed E-state index contributed by atoms with van der Waals surface area (Å²) in [6, 6.07) is 4.64. The first kappa shape index (κ1) is 9.31.